The molecule has 19 heavy (non-hydrogen) atoms. The van der Waals surface area contributed by atoms with Gasteiger partial charge in [0.1, 0.15) is 5.75 Å². The summed E-state index contributed by atoms with van der Waals surface area (Å²) in [5, 5.41) is 9.04. The molecule has 4 heteroatoms. The van der Waals surface area contributed by atoms with Crippen molar-refractivity contribution >= 4 is 5.97 Å². The van der Waals surface area contributed by atoms with Crippen molar-refractivity contribution in [2.75, 3.05) is 21.2 Å². The highest BCUT2D eigenvalue weighted by molar-refractivity contribution is 5.69. The zero-order valence-corrected chi connectivity index (χ0v) is 12.4. The molecule has 0 saturated heterocycles. The van der Waals surface area contributed by atoms with Crippen molar-refractivity contribution in [3.8, 4) is 5.75 Å². The third-order valence-corrected chi connectivity index (χ3v) is 3.11. The first kappa shape index (κ1) is 15.5. The summed E-state index contributed by atoms with van der Waals surface area (Å²) in [5.74, 6) is -0.00693. The van der Waals surface area contributed by atoms with Gasteiger partial charge in [-0.05, 0) is 14.1 Å². The van der Waals surface area contributed by atoms with Gasteiger partial charge in [-0.15, -0.1) is 0 Å². The number of para-hydroxylation sites is 1. The molecule has 0 fully saturated rings. The molecule has 0 atom stereocenters. The lowest BCUT2D eigenvalue weighted by Crippen LogP contribution is -2.23. The molecule has 0 saturated carbocycles. The zero-order chi connectivity index (χ0) is 14.6. The first-order chi connectivity index (χ1) is 8.77. The minimum atomic E-state index is -0.801. The van der Waals surface area contributed by atoms with Crippen LogP contribution in [0.5, 0.6) is 5.75 Å². The molecule has 0 aliphatic rings. The molecule has 0 aliphatic heterocycles. The van der Waals surface area contributed by atoms with E-state index in [1.54, 1.807) is 7.11 Å². The van der Waals surface area contributed by atoms with Gasteiger partial charge in [0.05, 0.1) is 13.5 Å². The van der Waals surface area contributed by atoms with Crippen LogP contribution >= 0.6 is 0 Å². The van der Waals surface area contributed by atoms with Gasteiger partial charge in [0.25, 0.3) is 0 Å². The highest BCUT2D eigenvalue weighted by atomic mass is 16.5. The lowest BCUT2D eigenvalue weighted by atomic mass is 9.80. The fourth-order valence-corrected chi connectivity index (χ4v) is 2.30. The molecule has 0 heterocycles. The Morgan fingerprint density at radius 3 is 2.47 bits per heavy atom. The molecule has 4 nitrogen and oxygen atoms in total. The largest absolute Gasteiger partial charge is 0.496 e. The summed E-state index contributed by atoms with van der Waals surface area (Å²) in [4.78, 5) is 13.1. The van der Waals surface area contributed by atoms with Gasteiger partial charge in [0.2, 0.25) is 0 Å². The van der Waals surface area contributed by atoms with Crippen molar-refractivity contribution in [3.63, 3.8) is 0 Å². The van der Waals surface area contributed by atoms with E-state index in [-0.39, 0.29) is 6.42 Å². The molecule has 0 spiro atoms. The summed E-state index contributed by atoms with van der Waals surface area (Å²) in [6.07, 6.45) is 0.0782. The number of ether oxygens (including phenoxy) is 1. The van der Waals surface area contributed by atoms with Crippen LogP contribution in [0.25, 0.3) is 0 Å². The summed E-state index contributed by atoms with van der Waals surface area (Å²) in [6.45, 7) is 4.62. The van der Waals surface area contributed by atoms with Crippen molar-refractivity contribution in [1.82, 2.24) is 4.90 Å². The molecule has 1 N–H and O–H groups in total. The van der Waals surface area contributed by atoms with Gasteiger partial charge in [-0.1, -0.05) is 32.0 Å². The lowest BCUT2D eigenvalue weighted by molar-refractivity contribution is -0.138. The molecule has 1 aromatic carbocycles. The molecule has 0 aliphatic carbocycles. The van der Waals surface area contributed by atoms with Gasteiger partial charge in [-0.3, -0.25) is 4.79 Å². The molecule has 1 aromatic rings. The minimum absolute atomic E-state index is 0.0782. The highest BCUT2D eigenvalue weighted by Gasteiger charge is 2.28. The van der Waals surface area contributed by atoms with Crippen LogP contribution in [0.1, 0.15) is 31.4 Å². The van der Waals surface area contributed by atoms with E-state index in [1.807, 2.05) is 46.1 Å². The van der Waals surface area contributed by atoms with Crippen LogP contribution in [-0.4, -0.2) is 37.2 Å². The molecule has 0 amide bonds. The van der Waals surface area contributed by atoms with E-state index < -0.39 is 11.4 Å². The summed E-state index contributed by atoms with van der Waals surface area (Å²) >= 11 is 0. The predicted molar refractivity (Wildman–Crippen MR) is 75.7 cm³/mol. The highest BCUT2D eigenvalue weighted by Crippen LogP contribution is 2.36. The Labute approximate surface area is 115 Å². The van der Waals surface area contributed by atoms with Crippen LogP contribution < -0.4 is 4.74 Å². The quantitative estimate of drug-likeness (QED) is 0.858. The topological polar surface area (TPSA) is 49.8 Å². The van der Waals surface area contributed by atoms with E-state index in [0.717, 1.165) is 23.4 Å². The molecular formula is C15H23NO3. The van der Waals surface area contributed by atoms with Crippen molar-refractivity contribution in [2.24, 2.45) is 0 Å². The summed E-state index contributed by atoms with van der Waals surface area (Å²) < 4.78 is 5.53. The minimum Gasteiger partial charge on any atom is -0.496 e. The number of carboxylic acids is 1. The molecule has 0 radical (unpaired) electrons. The first-order valence-electron chi connectivity index (χ1n) is 6.31. The van der Waals surface area contributed by atoms with Crippen LogP contribution in [0.15, 0.2) is 18.2 Å². The second-order valence-corrected chi connectivity index (χ2v) is 5.69. The Bertz CT molecular complexity index is 453. The standard InChI is InChI=1S/C15H23NO3/c1-15(2,9-13(17)18)12-8-6-7-11(10-16(3)4)14(12)19-5/h6-8H,9-10H2,1-5H3,(H,17,18). The molecule has 0 bridgehead atoms. The maximum atomic E-state index is 11.0. The van der Waals surface area contributed by atoms with Crippen LogP contribution in [-0.2, 0) is 16.8 Å². The average molecular weight is 265 g/mol. The predicted octanol–water partition coefficient (Wildman–Crippen LogP) is 2.51. The van der Waals surface area contributed by atoms with Crippen LogP contribution in [0.3, 0.4) is 0 Å². The van der Waals surface area contributed by atoms with E-state index in [4.69, 9.17) is 9.84 Å². The van der Waals surface area contributed by atoms with E-state index >= 15 is 0 Å². The normalized spacial score (nSPS) is 11.7. The van der Waals surface area contributed by atoms with Gasteiger partial charge in [0, 0.05) is 23.1 Å². The van der Waals surface area contributed by atoms with Crippen molar-refractivity contribution < 1.29 is 14.6 Å². The fourth-order valence-electron chi connectivity index (χ4n) is 2.30. The Kier molecular flexibility index (Phi) is 4.95. The van der Waals surface area contributed by atoms with Gasteiger partial charge in [-0.25, -0.2) is 0 Å². The van der Waals surface area contributed by atoms with E-state index in [2.05, 4.69) is 4.90 Å². The Balaban J connectivity index is 3.23. The Morgan fingerprint density at radius 2 is 2.00 bits per heavy atom. The van der Waals surface area contributed by atoms with E-state index in [1.165, 1.54) is 0 Å². The molecular weight excluding hydrogens is 242 g/mol. The number of benzene rings is 1. The second kappa shape index (κ2) is 6.06. The fraction of sp³-hybridized carbons (Fsp3) is 0.533. The Hall–Kier alpha value is -1.55. The third-order valence-electron chi connectivity index (χ3n) is 3.11. The third kappa shape index (κ3) is 3.96. The number of hydrogen-bond donors (Lipinski definition) is 1. The summed E-state index contributed by atoms with van der Waals surface area (Å²) in [5.41, 5.74) is 1.56. The van der Waals surface area contributed by atoms with Gasteiger partial charge >= 0.3 is 5.97 Å². The zero-order valence-electron chi connectivity index (χ0n) is 12.4. The first-order valence-corrected chi connectivity index (χ1v) is 6.31. The van der Waals surface area contributed by atoms with Gasteiger partial charge in [0.15, 0.2) is 0 Å². The van der Waals surface area contributed by atoms with Crippen LogP contribution in [0.2, 0.25) is 0 Å². The molecule has 106 valence electrons. The number of carbonyl (C=O) groups is 1. The number of methoxy groups -OCH3 is 1. The number of aliphatic carboxylic acids is 1. The van der Waals surface area contributed by atoms with Crippen molar-refractivity contribution in [3.05, 3.63) is 29.3 Å². The second-order valence-electron chi connectivity index (χ2n) is 5.69. The van der Waals surface area contributed by atoms with Crippen molar-refractivity contribution in [2.45, 2.75) is 32.2 Å². The number of hydrogen-bond acceptors (Lipinski definition) is 3. The smallest absolute Gasteiger partial charge is 0.304 e. The van der Waals surface area contributed by atoms with Gasteiger partial charge in [-0.2, -0.15) is 0 Å². The van der Waals surface area contributed by atoms with E-state index in [9.17, 15) is 4.79 Å². The molecule has 1 rings (SSSR count). The number of carboxylic acid groups (broad SMARTS) is 1. The van der Waals surface area contributed by atoms with Gasteiger partial charge < -0.3 is 14.7 Å². The number of rotatable bonds is 6. The summed E-state index contributed by atoms with van der Waals surface area (Å²) in [7, 11) is 5.62. The number of nitrogens with zero attached hydrogens (tertiary/aromatic N) is 1. The van der Waals surface area contributed by atoms with Crippen LogP contribution in [0, 0.1) is 0 Å². The lowest BCUT2D eigenvalue weighted by Gasteiger charge is -2.27. The molecule has 0 unspecified atom stereocenters. The maximum absolute atomic E-state index is 11.0. The summed E-state index contributed by atoms with van der Waals surface area (Å²) in [6, 6.07) is 5.92. The van der Waals surface area contributed by atoms with Crippen LogP contribution in [0.4, 0.5) is 0 Å². The monoisotopic (exact) mass is 265 g/mol. The maximum Gasteiger partial charge on any atom is 0.304 e. The Morgan fingerprint density at radius 1 is 1.37 bits per heavy atom. The SMILES string of the molecule is COc1c(CN(C)C)cccc1C(C)(C)CC(=O)O. The average Bonchev–Trinajstić information content (AvgIpc) is 2.26. The van der Waals surface area contributed by atoms with E-state index in [0.29, 0.717) is 0 Å². The molecule has 0 aromatic heterocycles. The van der Waals surface area contributed by atoms with Crippen molar-refractivity contribution in [1.29, 1.82) is 0 Å².